The highest BCUT2D eigenvalue weighted by Crippen LogP contribution is 2.49. The summed E-state index contributed by atoms with van der Waals surface area (Å²) in [4.78, 5) is 25.9. The number of benzene rings is 1. The molecule has 1 saturated heterocycles. The number of nitrogens with zero attached hydrogens (tertiary/aromatic N) is 2. The number of carboxylic acid groups (broad SMARTS) is 1. The minimum absolute atomic E-state index is 0.0394. The topological polar surface area (TPSA) is 95.7 Å². The number of aliphatic carboxylic acids is 1. The van der Waals surface area contributed by atoms with Crippen molar-refractivity contribution in [2.75, 3.05) is 19.6 Å². The third-order valence-electron chi connectivity index (χ3n) is 5.70. The number of rotatable bonds is 6. The summed E-state index contributed by atoms with van der Waals surface area (Å²) < 4.78 is 58.2. The van der Waals surface area contributed by atoms with Crippen LogP contribution in [0.15, 0.2) is 28.8 Å². The van der Waals surface area contributed by atoms with Crippen molar-refractivity contribution in [1.82, 2.24) is 15.4 Å². The maximum Gasteiger partial charge on any atom is 0.309 e. The zero-order chi connectivity index (χ0) is 22.3. The first-order chi connectivity index (χ1) is 14.6. The number of hydrogen-bond donors (Lipinski definition) is 2. The van der Waals surface area contributed by atoms with Gasteiger partial charge in [-0.05, 0) is 18.6 Å². The van der Waals surface area contributed by atoms with E-state index in [9.17, 15) is 32.3 Å². The van der Waals surface area contributed by atoms with Crippen LogP contribution < -0.4 is 5.32 Å². The second-order valence-corrected chi connectivity index (χ2v) is 7.94. The molecule has 0 spiro atoms. The Labute approximate surface area is 174 Å². The summed E-state index contributed by atoms with van der Waals surface area (Å²) in [7, 11) is 0. The van der Waals surface area contributed by atoms with Crippen LogP contribution >= 0.6 is 0 Å². The molecule has 2 N–H and O–H groups in total. The Balaban J connectivity index is 1.41. The number of likely N-dealkylation sites (tertiary alicyclic amines) is 1. The van der Waals surface area contributed by atoms with Gasteiger partial charge in [-0.1, -0.05) is 5.16 Å². The number of hydrogen-bond acceptors (Lipinski definition) is 5. The molecule has 31 heavy (non-hydrogen) atoms. The molecule has 1 aromatic heterocycles. The molecule has 7 nitrogen and oxygen atoms in total. The van der Waals surface area contributed by atoms with Crippen molar-refractivity contribution in [2.24, 2.45) is 11.8 Å². The van der Waals surface area contributed by atoms with Gasteiger partial charge in [-0.25, -0.2) is 17.6 Å². The molecule has 0 radical (unpaired) electrons. The number of alkyl halides is 2. The lowest BCUT2D eigenvalue weighted by Crippen LogP contribution is -2.54. The highest BCUT2D eigenvalue weighted by atomic mass is 19.3. The maximum absolute atomic E-state index is 13.9. The highest BCUT2D eigenvalue weighted by molar-refractivity contribution is 5.93. The fourth-order valence-electron chi connectivity index (χ4n) is 3.83. The molecule has 1 aliphatic heterocycles. The van der Waals surface area contributed by atoms with E-state index in [4.69, 9.17) is 4.52 Å². The van der Waals surface area contributed by atoms with Crippen molar-refractivity contribution < 1.29 is 36.8 Å². The first-order valence-corrected chi connectivity index (χ1v) is 9.70. The zero-order valence-corrected chi connectivity index (χ0v) is 16.2. The van der Waals surface area contributed by atoms with Crippen LogP contribution in [0.25, 0.3) is 11.3 Å². The lowest BCUT2D eigenvalue weighted by Gasteiger charge is -2.36. The standard InChI is InChI=1S/C20H19F4N3O4/c21-11-1-2-12(14(22)5-11)17-6-16(26-31-17)18(28)25-15-3-4-27(9-13(15)19(29)30)8-10-7-20(10,23)24/h1-2,5-6,10,13,15H,3-4,7-9H2,(H,25,28)(H,29,30)/t10?,13-,15-/m0/s1. The Bertz CT molecular complexity index is 1010. The summed E-state index contributed by atoms with van der Waals surface area (Å²) in [5.74, 6) is -8.02. The van der Waals surface area contributed by atoms with E-state index in [1.165, 1.54) is 6.07 Å². The molecule has 4 rings (SSSR count). The summed E-state index contributed by atoms with van der Waals surface area (Å²) in [6.45, 7) is 0.525. The highest BCUT2D eigenvalue weighted by Gasteiger charge is 2.57. The van der Waals surface area contributed by atoms with Crippen molar-refractivity contribution in [3.63, 3.8) is 0 Å². The number of carbonyl (C=O) groups is 2. The average molecular weight is 441 g/mol. The number of carbonyl (C=O) groups excluding carboxylic acids is 1. The van der Waals surface area contributed by atoms with Crippen molar-refractivity contribution >= 4 is 11.9 Å². The van der Waals surface area contributed by atoms with E-state index >= 15 is 0 Å². The van der Waals surface area contributed by atoms with Gasteiger partial charge in [-0.3, -0.25) is 9.59 Å². The molecule has 166 valence electrons. The van der Waals surface area contributed by atoms with Crippen molar-refractivity contribution in [2.45, 2.75) is 24.8 Å². The second-order valence-electron chi connectivity index (χ2n) is 7.94. The number of piperidine rings is 1. The Morgan fingerprint density at radius 2 is 2.03 bits per heavy atom. The smallest absolute Gasteiger partial charge is 0.309 e. The van der Waals surface area contributed by atoms with Crippen LogP contribution in [-0.2, 0) is 4.79 Å². The van der Waals surface area contributed by atoms with Crippen molar-refractivity contribution in [1.29, 1.82) is 0 Å². The average Bonchev–Trinajstić information content (AvgIpc) is 3.08. The lowest BCUT2D eigenvalue weighted by atomic mass is 9.91. The van der Waals surface area contributed by atoms with Gasteiger partial charge >= 0.3 is 5.97 Å². The molecule has 1 saturated carbocycles. The zero-order valence-electron chi connectivity index (χ0n) is 16.2. The first-order valence-electron chi connectivity index (χ1n) is 9.70. The largest absolute Gasteiger partial charge is 0.481 e. The fourth-order valence-corrected chi connectivity index (χ4v) is 3.83. The number of halogens is 4. The molecule has 1 aromatic carbocycles. The van der Waals surface area contributed by atoms with Gasteiger partial charge < -0.3 is 19.8 Å². The second kappa shape index (κ2) is 7.95. The molecule has 1 aliphatic carbocycles. The molecule has 2 heterocycles. The van der Waals surface area contributed by atoms with Gasteiger partial charge in [-0.15, -0.1) is 0 Å². The minimum atomic E-state index is -2.68. The van der Waals surface area contributed by atoms with Gasteiger partial charge in [0.15, 0.2) is 11.5 Å². The van der Waals surface area contributed by atoms with E-state index in [2.05, 4.69) is 10.5 Å². The first kappa shape index (κ1) is 21.3. The Morgan fingerprint density at radius 3 is 2.68 bits per heavy atom. The summed E-state index contributed by atoms with van der Waals surface area (Å²) in [5, 5.41) is 15.7. The SMILES string of the molecule is O=C(N[C@H]1CCN(CC2CC2(F)F)C[C@@H]1C(=O)O)c1cc(-c2ccc(F)cc2F)on1. The van der Waals surface area contributed by atoms with E-state index in [0.29, 0.717) is 12.6 Å². The van der Waals surface area contributed by atoms with Gasteiger partial charge in [0.05, 0.1) is 11.5 Å². The van der Waals surface area contributed by atoms with Crippen LogP contribution in [0.1, 0.15) is 23.3 Å². The molecule has 11 heteroatoms. The third kappa shape index (κ3) is 4.55. The number of nitrogens with one attached hydrogen (secondary N) is 1. The summed E-state index contributed by atoms with van der Waals surface area (Å²) >= 11 is 0. The molecule has 1 amide bonds. The number of aromatic nitrogens is 1. The molecule has 2 aromatic rings. The third-order valence-corrected chi connectivity index (χ3v) is 5.70. The fraction of sp³-hybridized carbons (Fsp3) is 0.450. The molecule has 1 unspecified atom stereocenters. The van der Waals surface area contributed by atoms with Crippen LogP contribution in [0.4, 0.5) is 17.6 Å². The van der Waals surface area contributed by atoms with Crippen LogP contribution in [-0.4, -0.2) is 58.6 Å². The predicted molar refractivity (Wildman–Crippen MR) is 98.3 cm³/mol. The maximum atomic E-state index is 13.9. The lowest BCUT2D eigenvalue weighted by molar-refractivity contribution is -0.144. The van der Waals surface area contributed by atoms with Crippen molar-refractivity contribution in [3.05, 3.63) is 41.6 Å². The van der Waals surface area contributed by atoms with E-state index < -0.39 is 47.3 Å². The van der Waals surface area contributed by atoms with E-state index in [0.717, 1.165) is 12.1 Å². The quantitative estimate of drug-likeness (QED) is 0.670. The molecular formula is C20H19F4N3O4. The molecule has 2 aliphatic rings. The van der Waals surface area contributed by atoms with Gasteiger partial charge in [0.1, 0.15) is 11.6 Å². The Hall–Kier alpha value is -2.95. The molecule has 3 atom stereocenters. The van der Waals surface area contributed by atoms with Crippen LogP contribution in [0, 0.1) is 23.5 Å². The minimum Gasteiger partial charge on any atom is -0.481 e. The van der Waals surface area contributed by atoms with Crippen molar-refractivity contribution in [3.8, 4) is 11.3 Å². The van der Waals surface area contributed by atoms with Gasteiger partial charge in [0.25, 0.3) is 11.8 Å². The summed E-state index contributed by atoms with van der Waals surface area (Å²) in [5.41, 5.74) is -0.274. The number of amides is 1. The predicted octanol–water partition coefficient (Wildman–Crippen LogP) is 2.78. The number of carboxylic acids is 1. The Morgan fingerprint density at radius 1 is 1.29 bits per heavy atom. The Kier molecular flexibility index (Phi) is 5.46. The van der Waals surface area contributed by atoms with Crippen LogP contribution in [0.2, 0.25) is 0 Å². The molecular weight excluding hydrogens is 422 g/mol. The van der Waals surface area contributed by atoms with E-state index in [-0.39, 0.29) is 42.9 Å². The van der Waals surface area contributed by atoms with E-state index in [1.807, 2.05) is 0 Å². The summed E-state index contributed by atoms with van der Waals surface area (Å²) in [6.07, 6.45) is 0.0723. The normalized spacial score (nSPS) is 25.2. The van der Waals surface area contributed by atoms with Crippen LogP contribution in [0.3, 0.4) is 0 Å². The van der Waals surface area contributed by atoms with Gasteiger partial charge in [0.2, 0.25) is 0 Å². The van der Waals surface area contributed by atoms with Crippen LogP contribution in [0.5, 0.6) is 0 Å². The monoisotopic (exact) mass is 441 g/mol. The van der Waals surface area contributed by atoms with Gasteiger partial charge in [-0.2, -0.15) is 0 Å². The van der Waals surface area contributed by atoms with E-state index in [1.54, 1.807) is 4.90 Å². The molecule has 2 fully saturated rings. The summed E-state index contributed by atoms with van der Waals surface area (Å²) in [6, 6.07) is 3.28. The molecule has 0 bridgehead atoms. The van der Waals surface area contributed by atoms with Gasteiger partial charge in [0, 0.05) is 50.1 Å².